The Morgan fingerprint density at radius 3 is 2.20 bits per heavy atom. The zero-order valence-corrected chi connectivity index (χ0v) is 11.7. The van der Waals surface area contributed by atoms with E-state index in [4.69, 9.17) is 5.73 Å². The van der Waals surface area contributed by atoms with Gasteiger partial charge in [0.2, 0.25) is 5.91 Å². The third kappa shape index (κ3) is 2.67. The molecule has 108 valence electrons. The zero-order chi connectivity index (χ0) is 14.9. The summed E-state index contributed by atoms with van der Waals surface area (Å²) >= 11 is 0. The second-order valence-electron chi connectivity index (χ2n) is 5.72. The number of amides is 1. The fourth-order valence-electron chi connectivity index (χ4n) is 2.15. The Morgan fingerprint density at radius 1 is 1.25 bits per heavy atom. The van der Waals surface area contributed by atoms with E-state index in [0.29, 0.717) is 18.5 Å². The van der Waals surface area contributed by atoms with Gasteiger partial charge >= 0.3 is 5.97 Å². The smallest absolute Gasteiger partial charge is 0.314 e. The molecule has 5 nitrogen and oxygen atoms in total. The number of anilines is 1. The maximum atomic E-state index is 11.8. The molecule has 5 heteroatoms. The van der Waals surface area contributed by atoms with E-state index in [1.54, 1.807) is 24.3 Å². The number of rotatable bonds is 5. The van der Waals surface area contributed by atoms with Crippen molar-refractivity contribution in [2.45, 2.75) is 38.1 Å². The number of carboxylic acids is 1. The van der Waals surface area contributed by atoms with E-state index in [0.717, 1.165) is 5.56 Å². The highest BCUT2D eigenvalue weighted by atomic mass is 16.4. The van der Waals surface area contributed by atoms with Crippen LogP contribution in [0.4, 0.5) is 5.69 Å². The quantitative estimate of drug-likeness (QED) is 0.763. The number of aliphatic carboxylic acids is 1. The van der Waals surface area contributed by atoms with Crippen molar-refractivity contribution in [2.24, 2.45) is 11.7 Å². The lowest BCUT2D eigenvalue weighted by molar-refractivity contribution is -0.140. The molecule has 0 saturated heterocycles. The maximum absolute atomic E-state index is 11.8. The molecule has 0 aliphatic heterocycles. The first-order chi connectivity index (χ1) is 9.36. The van der Waals surface area contributed by atoms with Crippen molar-refractivity contribution in [2.75, 3.05) is 5.32 Å². The number of carbonyl (C=O) groups is 2. The Labute approximate surface area is 118 Å². The molecule has 4 N–H and O–H groups in total. The van der Waals surface area contributed by atoms with Gasteiger partial charge in [-0.2, -0.15) is 0 Å². The number of benzene rings is 1. The Bertz CT molecular complexity index is 518. The normalized spacial score (nSPS) is 17.6. The first-order valence-electron chi connectivity index (χ1n) is 6.77. The summed E-state index contributed by atoms with van der Waals surface area (Å²) in [7, 11) is 0. The van der Waals surface area contributed by atoms with Crippen LogP contribution in [0.15, 0.2) is 24.3 Å². The van der Waals surface area contributed by atoms with Crippen molar-refractivity contribution in [1.29, 1.82) is 0 Å². The topological polar surface area (TPSA) is 92.4 Å². The standard InChI is InChI=1S/C15H20N2O3/c1-9(2)12(16)13(18)17-11-5-3-10(4-6-11)15(7-8-15)14(19)20/h3-6,9,12H,7-8,16H2,1-2H3,(H,17,18)(H,19,20). The highest BCUT2D eigenvalue weighted by molar-refractivity contribution is 5.95. The van der Waals surface area contributed by atoms with Gasteiger partial charge in [-0.3, -0.25) is 9.59 Å². The second kappa shape index (κ2) is 5.25. The maximum Gasteiger partial charge on any atom is 0.314 e. The molecule has 1 aromatic rings. The summed E-state index contributed by atoms with van der Waals surface area (Å²) in [5, 5.41) is 12.0. The van der Waals surface area contributed by atoms with E-state index in [2.05, 4.69) is 5.32 Å². The number of nitrogens with two attached hydrogens (primary N) is 1. The molecular weight excluding hydrogens is 256 g/mol. The van der Waals surface area contributed by atoms with Crippen LogP contribution in [-0.2, 0) is 15.0 Å². The van der Waals surface area contributed by atoms with Crippen LogP contribution in [-0.4, -0.2) is 23.0 Å². The molecule has 1 amide bonds. The summed E-state index contributed by atoms with van der Waals surface area (Å²) < 4.78 is 0. The number of carbonyl (C=O) groups excluding carboxylic acids is 1. The summed E-state index contributed by atoms with van der Waals surface area (Å²) in [5.41, 5.74) is 6.48. The van der Waals surface area contributed by atoms with E-state index in [9.17, 15) is 14.7 Å². The van der Waals surface area contributed by atoms with Crippen LogP contribution in [0.3, 0.4) is 0 Å². The van der Waals surface area contributed by atoms with Gasteiger partial charge in [-0.05, 0) is 36.5 Å². The van der Waals surface area contributed by atoms with Crippen LogP contribution in [0.5, 0.6) is 0 Å². The third-order valence-electron chi connectivity index (χ3n) is 3.89. The van der Waals surface area contributed by atoms with E-state index >= 15 is 0 Å². The minimum atomic E-state index is -0.781. The predicted molar refractivity (Wildman–Crippen MR) is 76.4 cm³/mol. The van der Waals surface area contributed by atoms with Crippen molar-refractivity contribution in [3.05, 3.63) is 29.8 Å². The summed E-state index contributed by atoms with van der Waals surface area (Å²) in [6.45, 7) is 3.77. The van der Waals surface area contributed by atoms with Crippen LogP contribution in [0.2, 0.25) is 0 Å². The van der Waals surface area contributed by atoms with E-state index in [1.165, 1.54) is 0 Å². The fraction of sp³-hybridized carbons (Fsp3) is 0.467. The van der Waals surface area contributed by atoms with Crippen LogP contribution in [0.25, 0.3) is 0 Å². The van der Waals surface area contributed by atoms with Crippen molar-refractivity contribution in [3.8, 4) is 0 Å². The Kier molecular flexibility index (Phi) is 3.81. The summed E-state index contributed by atoms with van der Waals surface area (Å²) in [5.74, 6) is -0.945. The van der Waals surface area contributed by atoms with Gasteiger partial charge in [0.15, 0.2) is 0 Å². The van der Waals surface area contributed by atoms with Gasteiger partial charge in [-0.25, -0.2) is 0 Å². The number of hydrogen-bond donors (Lipinski definition) is 3. The Morgan fingerprint density at radius 2 is 1.80 bits per heavy atom. The molecule has 1 aliphatic carbocycles. The van der Waals surface area contributed by atoms with Crippen molar-refractivity contribution < 1.29 is 14.7 Å². The largest absolute Gasteiger partial charge is 0.481 e. The zero-order valence-electron chi connectivity index (χ0n) is 11.7. The molecule has 1 atom stereocenters. The average molecular weight is 276 g/mol. The molecule has 1 aromatic carbocycles. The first-order valence-corrected chi connectivity index (χ1v) is 6.77. The summed E-state index contributed by atoms with van der Waals surface area (Å²) in [4.78, 5) is 23.1. The highest BCUT2D eigenvalue weighted by Gasteiger charge is 2.51. The molecular formula is C15H20N2O3. The number of hydrogen-bond acceptors (Lipinski definition) is 3. The highest BCUT2D eigenvalue weighted by Crippen LogP contribution is 2.48. The van der Waals surface area contributed by atoms with Gasteiger partial charge in [-0.1, -0.05) is 26.0 Å². The lowest BCUT2D eigenvalue weighted by Gasteiger charge is -2.16. The molecule has 0 spiro atoms. The molecule has 20 heavy (non-hydrogen) atoms. The van der Waals surface area contributed by atoms with Gasteiger partial charge in [-0.15, -0.1) is 0 Å². The van der Waals surface area contributed by atoms with Crippen molar-refractivity contribution in [1.82, 2.24) is 0 Å². The van der Waals surface area contributed by atoms with Gasteiger partial charge in [0.1, 0.15) is 0 Å². The molecule has 1 fully saturated rings. The minimum absolute atomic E-state index is 0.0658. The Balaban J connectivity index is 2.06. The molecule has 0 radical (unpaired) electrons. The number of nitrogens with one attached hydrogen (secondary N) is 1. The van der Waals surface area contributed by atoms with E-state index in [1.807, 2.05) is 13.8 Å². The molecule has 0 heterocycles. The lowest BCUT2D eigenvalue weighted by Crippen LogP contribution is -2.39. The molecule has 1 unspecified atom stereocenters. The molecule has 1 saturated carbocycles. The summed E-state index contributed by atoms with van der Waals surface area (Å²) in [6.07, 6.45) is 1.35. The van der Waals surface area contributed by atoms with Crippen LogP contribution in [0, 0.1) is 5.92 Å². The second-order valence-corrected chi connectivity index (χ2v) is 5.72. The van der Waals surface area contributed by atoms with Crippen molar-refractivity contribution >= 4 is 17.6 Å². The molecule has 0 bridgehead atoms. The third-order valence-corrected chi connectivity index (χ3v) is 3.89. The SMILES string of the molecule is CC(C)C(N)C(=O)Nc1ccc(C2(C(=O)O)CC2)cc1. The fourth-order valence-corrected chi connectivity index (χ4v) is 2.15. The van der Waals surface area contributed by atoms with Gasteiger partial charge in [0.25, 0.3) is 0 Å². The summed E-state index contributed by atoms with van der Waals surface area (Å²) in [6, 6.07) is 6.42. The van der Waals surface area contributed by atoms with Gasteiger partial charge in [0, 0.05) is 5.69 Å². The number of carboxylic acid groups (broad SMARTS) is 1. The lowest BCUT2D eigenvalue weighted by atomic mass is 9.96. The monoisotopic (exact) mass is 276 g/mol. The van der Waals surface area contributed by atoms with E-state index in [-0.39, 0.29) is 11.8 Å². The predicted octanol–water partition coefficient (Wildman–Crippen LogP) is 1.72. The molecule has 0 aromatic heterocycles. The molecule has 2 rings (SSSR count). The van der Waals surface area contributed by atoms with Crippen LogP contribution in [0.1, 0.15) is 32.3 Å². The van der Waals surface area contributed by atoms with Gasteiger partial charge in [0.05, 0.1) is 11.5 Å². The Hall–Kier alpha value is -1.88. The first kappa shape index (κ1) is 14.5. The van der Waals surface area contributed by atoms with Crippen LogP contribution >= 0.6 is 0 Å². The van der Waals surface area contributed by atoms with E-state index < -0.39 is 17.4 Å². The molecule has 1 aliphatic rings. The van der Waals surface area contributed by atoms with Crippen LogP contribution < -0.4 is 11.1 Å². The van der Waals surface area contributed by atoms with Crippen molar-refractivity contribution in [3.63, 3.8) is 0 Å². The average Bonchev–Trinajstić information content (AvgIpc) is 3.20. The van der Waals surface area contributed by atoms with Gasteiger partial charge < -0.3 is 16.2 Å². The minimum Gasteiger partial charge on any atom is -0.481 e.